The molecule has 0 radical (unpaired) electrons. The molecule has 0 bridgehead atoms. The number of nitrogens with zero attached hydrogens (tertiary/aromatic N) is 2. The predicted octanol–water partition coefficient (Wildman–Crippen LogP) is 1.44. The molecule has 1 rings (SSSR count). The number of hydrogen-bond acceptors (Lipinski definition) is 6. The number of halogens is 2. The molecule has 1 aromatic rings. The van der Waals surface area contributed by atoms with Gasteiger partial charge in [0.15, 0.2) is 10.8 Å². The van der Waals surface area contributed by atoms with Gasteiger partial charge in [-0.05, 0) is 11.6 Å². The monoisotopic (exact) mass is 295 g/mol. The van der Waals surface area contributed by atoms with Crippen LogP contribution in [0.3, 0.4) is 0 Å². The third kappa shape index (κ3) is 3.95. The maximum atomic E-state index is 11.0. The first-order valence-electron chi connectivity index (χ1n) is 4.21. The van der Waals surface area contributed by atoms with E-state index in [-0.39, 0.29) is 17.3 Å². The van der Waals surface area contributed by atoms with Gasteiger partial charge in [-0.25, -0.2) is 4.98 Å². The number of nitrogens with one attached hydrogen (secondary N) is 1. The lowest BCUT2D eigenvalue weighted by Gasteiger charge is -1.96. The topological polar surface area (TPSA) is 80.6 Å². The fourth-order valence-electron chi connectivity index (χ4n) is 0.867. The van der Waals surface area contributed by atoms with Gasteiger partial charge in [0.05, 0.1) is 0 Å². The van der Waals surface area contributed by atoms with Crippen LogP contribution in [0, 0.1) is 0 Å². The molecule has 0 unspecified atom stereocenters. The lowest BCUT2D eigenvalue weighted by Crippen LogP contribution is -2.14. The lowest BCUT2D eigenvalue weighted by atomic mass is 10.3. The van der Waals surface area contributed by atoms with E-state index in [1.165, 1.54) is 12.5 Å². The molecule has 1 amide bonds. The predicted molar refractivity (Wildman–Crippen MR) is 65.9 cm³/mol. The van der Waals surface area contributed by atoms with Crippen LogP contribution in [0.5, 0.6) is 0 Å². The Kier molecular flexibility index (Phi) is 5.33. The van der Waals surface area contributed by atoms with Crippen molar-refractivity contribution >= 4 is 56.5 Å². The van der Waals surface area contributed by atoms with E-state index in [1.54, 1.807) is 0 Å². The molecule has 0 saturated carbocycles. The Bertz CT molecular complexity index is 461. The third-order valence-corrected chi connectivity index (χ3v) is 2.66. The van der Waals surface area contributed by atoms with Gasteiger partial charge >= 0.3 is 0 Å². The van der Waals surface area contributed by atoms with Crippen molar-refractivity contribution in [1.29, 1.82) is 0 Å². The first-order chi connectivity index (χ1) is 8.08. The lowest BCUT2D eigenvalue weighted by molar-refractivity contribution is -0.114. The van der Waals surface area contributed by atoms with Crippen LogP contribution in [0.25, 0.3) is 0 Å². The number of carbonyl (C=O) groups excluding carboxylic acids is 2. The highest BCUT2D eigenvalue weighted by molar-refractivity contribution is 7.14. The molecule has 6 nitrogen and oxygen atoms in total. The molecule has 0 aromatic carbocycles. The molecule has 0 aliphatic rings. The van der Waals surface area contributed by atoms with Gasteiger partial charge in [0.25, 0.3) is 5.24 Å². The highest BCUT2D eigenvalue weighted by atomic mass is 35.5. The number of alkyl halides is 1. The molecule has 0 atom stereocenters. The molecule has 1 aromatic heterocycles. The van der Waals surface area contributed by atoms with Gasteiger partial charge in [0.2, 0.25) is 5.91 Å². The van der Waals surface area contributed by atoms with Crippen LogP contribution >= 0.6 is 34.5 Å². The van der Waals surface area contributed by atoms with E-state index in [4.69, 9.17) is 23.2 Å². The zero-order valence-electron chi connectivity index (χ0n) is 8.57. The molecule has 0 aliphatic carbocycles. The van der Waals surface area contributed by atoms with Crippen molar-refractivity contribution in [3.05, 3.63) is 11.1 Å². The van der Waals surface area contributed by atoms with Crippen molar-refractivity contribution in [3.63, 3.8) is 0 Å². The van der Waals surface area contributed by atoms with Crippen LogP contribution < -0.4 is 5.32 Å². The van der Waals surface area contributed by atoms with Gasteiger partial charge in [0.1, 0.15) is 18.7 Å². The van der Waals surface area contributed by atoms with Gasteiger partial charge in [-0.1, -0.05) is 5.16 Å². The number of thiazole rings is 1. The van der Waals surface area contributed by atoms with Gasteiger partial charge in [0, 0.05) is 5.38 Å². The summed E-state index contributed by atoms with van der Waals surface area (Å²) in [6.45, 7) is 0. The zero-order chi connectivity index (χ0) is 12.8. The van der Waals surface area contributed by atoms with Gasteiger partial charge in [-0.15, -0.1) is 22.9 Å². The molecular weight excluding hydrogens is 289 g/mol. The maximum absolute atomic E-state index is 11.0. The Morgan fingerprint density at radius 3 is 2.88 bits per heavy atom. The average Bonchev–Trinajstić information content (AvgIpc) is 2.73. The van der Waals surface area contributed by atoms with Gasteiger partial charge in [-0.2, -0.15) is 0 Å². The van der Waals surface area contributed by atoms with Crippen molar-refractivity contribution in [3.8, 4) is 0 Å². The van der Waals surface area contributed by atoms with E-state index in [9.17, 15) is 9.59 Å². The van der Waals surface area contributed by atoms with E-state index in [2.05, 4.69) is 20.3 Å². The van der Waals surface area contributed by atoms with Crippen molar-refractivity contribution in [2.45, 2.75) is 0 Å². The normalized spacial score (nSPS) is 11.1. The summed E-state index contributed by atoms with van der Waals surface area (Å²) in [5.41, 5.74) is 0.0958. The minimum Gasteiger partial charge on any atom is -0.398 e. The van der Waals surface area contributed by atoms with Crippen LogP contribution in [0.15, 0.2) is 10.5 Å². The minimum atomic E-state index is -0.799. The Morgan fingerprint density at radius 1 is 1.65 bits per heavy atom. The van der Waals surface area contributed by atoms with Crippen LogP contribution in [0.1, 0.15) is 5.69 Å². The number of aromatic nitrogens is 1. The van der Waals surface area contributed by atoms with E-state index < -0.39 is 11.1 Å². The molecule has 1 N–H and O–H groups in total. The summed E-state index contributed by atoms with van der Waals surface area (Å²) >= 11 is 11.7. The van der Waals surface area contributed by atoms with Crippen LogP contribution in [-0.2, 0) is 14.4 Å². The summed E-state index contributed by atoms with van der Waals surface area (Å²) < 4.78 is 0. The third-order valence-electron chi connectivity index (χ3n) is 1.48. The van der Waals surface area contributed by atoms with Gasteiger partial charge in [-0.3, -0.25) is 9.59 Å². The Labute approximate surface area is 111 Å². The summed E-state index contributed by atoms with van der Waals surface area (Å²) in [5.74, 6) is -0.572. The first-order valence-corrected chi connectivity index (χ1v) is 6.00. The van der Waals surface area contributed by atoms with E-state index >= 15 is 0 Å². The number of amides is 1. The van der Waals surface area contributed by atoms with Crippen molar-refractivity contribution in [2.75, 3.05) is 18.3 Å². The molecule has 0 fully saturated rings. The number of rotatable bonds is 5. The molecule has 17 heavy (non-hydrogen) atoms. The SMILES string of the molecule is CON=C(C(=O)Cl)c1csc(NC(=O)CCl)n1. The van der Waals surface area contributed by atoms with Gasteiger partial charge < -0.3 is 10.2 Å². The summed E-state index contributed by atoms with van der Waals surface area (Å²) in [5, 5.41) is 6.90. The molecule has 1 heterocycles. The fourth-order valence-corrected chi connectivity index (χ4v) is 1.78. The van der Waals surface area contributed by atoms with Crippen LogP contribution in [0.2, 0.25) is 0 Å². The molecular formula is C8H7Cl2N3O3S. The highest BCUT2D eigenvalue weighted by Gasteiger charge is 2.17. The van der Waals surface area contributed by atoms with E-state index in [0.717, 1.165) is 11.3 Å². The first kappa shape index (κ1) is 13.9. The second-order valence-corrected chi connectivity index (χ2v) is 4.08. The quantitative estimate of drug-likeness (QED) is 0.386. The Balaban J connectivity index is 2.89. The maximum Gasteiger partial charge on any atom is 0.276 e. The summed E-state index contributed by atoms with van der Waals surface area (Å²) in [7, 11) is 1.28. The molecule has 0 saturated heterocycles. The second kappa shape index (κ2) is 6.53. The molecule has 92 valence electrons. The van der Waals surface area contributed by atoms with Crippen LogP contribution in [-0.4, -0.2) is 34.8 Å². The Morgan fingerprint density at radius 2 is 2.35 bits per heavy atom. The van der Waals surface area contributed by atoms with Crippen molar-refractivity contribution in [1.82, 2.24) is 4.98 Å². The Hall–Kier alpha value is -1.18. The summed E-state index contributed by atoms with van der Waals surface area (Å²) in [6.07, 6.45) is 0. The van der Waals surface area contributed by atoms with Crippen LogP contribution in [0.4, 0.5) is 5.13 Å². The smallest absolute Gasteiger partial charge is 0.276 e. The van der Waals surface area contributed by atoms with Crippen molar-refractivity contribution in [2.24, 2.45) is 5.16 Å². The van der Waals surface area contributed by atoms with E-state index in [0.29, 0.717) is 5.13 Å². The highest BCUT2D eigenvalue weighted by Crippen LogP contribution is 2.17. The number of anilines is 1. The van der Waals surface area contributed by atoms with Crippen molar-refractivity contribution < 1.29 is 14.4 Å². The average molecular weight is 296 g/mol. The minimum absolute atomic E-state index is 0.128. The standard InChI is InChI=1S/C8H7Cl2N3O3S/c1-16-13-6(7(10)15)4-3-17-8(11-4)12-5(14)2-9/h3H,2H2,1H3,(H,11,12,14). The summed E-state index contributed by atoms with van der Waals surface area (Å²) in [4.78, 5) is 30.4. The molecule has 0 aliphatic heterocycles. The zero-order valence-corrected chi connectivity index (χ0v) is 10.9. The largest absolute Gasteiger partial charge is 0.398 e. The molecule has 9 heteroatoms. The number of carbonyl (C=O) groups is 2. The fraction of sp³-hybridized carbons (Fsp3) is 0.250. The number of oxime groups is 1. The summed E-state index contributed by atoms with van der Waals surface area (Å²) in [6, 6.07) is 0. The molecule has 0 spiro atoms. The number of hydrogen-bond donors (Lipinski definition) is 1. The second-order valence-electron chi connectivity index (χ2n) is 2.62. The van der Waals surface area contributed by atoms with E-state index in [1.807, 2.05) is 0 Å².